The molecule has 0 aromatic heterocycles. The monoisotopic (exact) mass is 240 g/mol. The minimum atomic E-state index is 0.193. The highest BCUT2D eigenvalue weighted by molar-refractivity contribution is 5.78. The van der Waals surface area contributed by atoms with Gasteiger partial charge in [-0.2, -0.15) is 0 Å². The van der Waals surface area contributed by atoms with E-state index in [0.29, 0.717) is 6.04 Å². The summed E-state index contributed by atoms with van der Waals surface area (Å²) in [7, 11) is 0. The summed E-state index contributed by atoms with van der Waals surface area (Å²) in [5.41, 5.74) is 0. The molecule has 3 nitrogen and oxygen atoms in total. The second-order valence-electron chi connectivity index (χ2n) is 5.13. The highest BCUT2D eigenvalue weighted by Crippen LogP contribution is 2.19. The Kier molecular flexibility index (Phi) is 6.56. The van der Waals surface area contributed by atoms with Crippen LogP contribution in [0.25, 0.3) is 0 Å². The van der Waals surface area contributed by atoms with Crippen molar-refractivity contribution in [2.75, 3.05) is 13.1 Å². The predicted molar refractivity (Wildman–Crippen MR) is 71.9 cm³/mol. The van der Waals surface area contributed by atoms with Crippen molar-refractivity contribution in [3.8, 4) is 0 Å². The summed E-state index contributed by atoms with van der Waals surface area (Å²) in [5, 5.41) is 6.65. The molecule has 0 radical (unpaired) electrons. The van der Waals surface area contributed by atoms with Crippen molar-refractivity contribution in [2.45, 2.75) is 58.9 Å². The van der Waals surface area contributed by atoms with Crippen molar-refractivity contribution in [3.63, 3.8) is 0 Å². The minimum Gasteiger partial charge on any atom is -0.354 e. The van der Waals surface area contributed by atoms with Crippen LogP contribution in [0.2, 0.25) is 0 Å². The molecule has 2 unspecified atom stereocenters. The van der Waals surface area contributed by atoms with E-state index in [4.69, 9.17) is 0 Å². The van der Waals surface area contributed by atoms with Gasteiger partial charge in [0.2, 0.25) is 5.91 Å². The van der Waals surface area contributed by atoms with Gasteiger partial charge in [-0.1, -0.05) is 27.2 Å². The molecule has 0 saturated carbocycles. The molecule has 1 saturated heterocycles. The van der Waals surface area contributed by atoms with Crippen LogP contribution in [-0.4, -0.2) is 25.0 Å². The zero-order valence-electron chi connectivity index (χ0n) is 11.6. The van der Waals surface area contributed by atoms with E-state index < -0.39 is 0 Å². The topological polar surface area (TPSA) is 41.1 Å². The number of carbonyl (C=O) groups excluding carboxylic acids is 1. The predicted octanol–water partition coefficient (Wildman–Crippen LogP) is 2.32. The van der Waals surface area contributed by atoms with Crippen molar-refractivity contribution in [1.29, 1.82) is 0 Å². The van der Waals surface area contributed by atoms with E-state index in [0.717, 1.165) is 31.8 Å². The lowest BCUT2D eigenvalue weighted by Gasteiger charge is -2.32. The van der Waals surface area contributed by atoms with Crippen molar-refractivity contribution in [1.82, 2.24) is 10.6 Å². The fraction of sp³-hybridized carbons (Fsp3) is 0.929. The van der Waals surface area contributed by atoms with Crippen LogP contribution in [0, 0.1) is 11.8 Å². The average molecular weight is 240 g/mol. The lowest BCUT2D eigenvalue weighted by molar-refractivity contribution is -0.125. The maximum Gasteiger partial charge on any atom is 0.223 e. The SMILES string of the molecule is CCC(CC)C(=O)NCC1NCCCC1CC. The summed E-state index contributed by atoms with van der Waals surface area (Å²) in [4.78, 5) is 11.9. The molecule has 1 aliphatic rings. The van der Waals surface area contributed by atoms with Crippen LogP contribution >= 0.6 is 0 Å². The van der Waals surface area contributed by atoms with Gasteiger partial charge < -0.3 is 10.6 Å². The van der Waals surface area contributed by atoms with Gasteiger partial charge in [-0.15, -0.1) is 0 Å². The number of amides is 1. The smallest absolute Gasteiger partial charge is 0.223 e. The fourth-order valence-electron chi connectivity index (χ4n) is 2.76. The number of carbonyl (C=O) groups is 1. The Hall–Kier alpha value is -0.570. The maximum absolute atomic E-state index is 11.9. The molecule has 0 aromatic rings. The molecule has 1 heterocycles. The molecule has 0 bridgehead atoms. The van der Waals surface area contributed by atoms with Crippen molar-refractivity contribution >= 4 is 5.91 Å². The normalized spacial score (nSPS) is 24.9. The average Bonchev–Trinajstić information content (AvgIpc) is 2.38. The summed E-state index contributed by atoms with van der Waals surface area (Å²) >= 11 is 0. The van der Waals surface area contributed by atoms with Gasteiger partial charge in [-0.25, -0.2) is 0 Å². The van der Waals surface area contributed by atoms with E-state index in [2.05, 4.69) is 31.4 Å². The standard InChI is InChI=1S/C14H28N2O/c1-4-11(5-2)14(17)16-10-13-12(6-3)8-7-9-15-13/h11-13,15H,4-10H2,1-3H3,(H,16,17). The minimum absolute atomic E-state index is 0.193. The van der Waals surface area contributed by atoms with Gasteiger partial charge >= 0.3 is 0 Å². The molecular formula is C14H28N2O. The van der Waals surface area contributed by atoms with E-state index in [1.54, 1.807) is 0 Å². The Morgan fingerprint density at radius 1 is 1.35 bits per heavy atom. The summed E-state index contributed by atoms with van der Waals surface area (Å²) < 4.78 is 0. The Morgan fingerprint density at radius 3 is 2.65 bits per heavy atom. The van der Waals surface area contributed by atoms with E-state index in [9.17, 15) is 4.79 Å². The molecular weight excluding hydrogens is 212 g/mol. The Bertz CT molecular complexity index is 226. The first kappa shape index (κ1) is 14.5. The van der Waals surface area contributed by atoms with Crippen LogP contribution in [0.5, 0.6) is 0 Å². The number of hydrogen-bond donors (Lipinski definition) is 2. The summed E-state index contributed by atoms with van der Waals surface area (Å²) in [6.07, 6.45) is 5.66. The van der Waals surface area contributed by atoms with Gasteiger partial charge in [-0.3, -0.25) is 4.79 Å². The fourth-order valence-corrected chi connectivity index (χ4v) is 2.76. The molecule has 0 aromatic carbocycles. The molecule has 100 valence electrons. The second kappa shape index (κ2) is 7.70. The van der Waals surface area contributed by atoms with Crippen LogP contribution in [0.3, 0.4) is 0 Å². The molecule has 1 amide bonds. The first-order valence-corrected chi connectivity index (χ1v) is 7.23. The maximum atomic E-state index is 11.9. The summed E-state index contributed by atoms with van der Waals surface area (Å²) in [6, 6.07) is 0.479. The van der Waals surface area contributed by atoms with Crippen molar-refractivity contribution in [2.24, 2.45) is 11.8 Å². The Balaban J connectivity index is 2.35. The van der Waals surface area contributed by atoms with E-state index >= 15 is 0 Å². The van der Waals surface area contributed by atoms with Crippen LogP contribution in [0.1, 0.15) is 52.9 Å². The van der Waals surface area contributed by atoms with Gasteiger partial charge in [0, 0.05) is 18.5 Å². The number of hydrogen-bond acceptors (Lipinski definition) is 2. The molecule has 17 heavy (non-hydrogen) atoms. The third-order valence-corrected chi connectivity index (χ3v) is 4.10. The molecule has 1 fully saturated rings. The summed E-state index contributed by atoms with van der Waals surface area (Å²) in [5.74, 6) is 1.15. The van der Waals surface area contributed by atoms with Crippen LogP contribution in [0.15, 0.2) is 0 Å². The van der Waals surface area contributed by atoms with Gasteiger partial charge in [0.25, 0.3) is 0 Å². The first-order chi connectivity index (χ1) is 8.22. The molecule has 1 aliphatic heterocycles. The molecule has 3 heteroatoms. The number of rotatable bonds is 6. The van der Waals surface area contributed by atoms with Crippen LogP contribution in [0.4, 0.5) is 0 Å². The Morgan fingerprint density at radius 2 is 2.06 bits per heavy atom. The van der Waals surface area contributed by atoms with Crippen LogP contribution < -0.4 is 10.6 Å². The lowest BCUT2D eigenvalue weighted by atomic mass is 9.88. The summed E-state index contributed by atoms with van der Waals surface area (Å²) in [6.45, 7) is 8.31. The number of nitrogens with one attached hydrogen (secondary N) is 2. The van der Waals surface area contributed by atoms with Crippen LogP contribution in [-0.2, 0) is 4.79 Å². The largest absolute Gasteiger partial charge is 0.354 e. The lowest BCUT2D eigenvalue weighted by Crippen LogP contribution is -2.49. The quantitative estimate of drug-likeness (QED) is 0.748. The third kappa shape index (κ3) is 4.30. The number of piperidine rings is 1. The third-order valence-electron chi connectivity index (χ3n) is 4.10. The van der Waals surface area contributed by atoms with E-state index in [1.165, 1.54) is 19.3 Å². The highest BCUT2D eigenvalue weighted by Gasteiger charge is 2.24. The van der Waals surface area contributed by atoms with Gasteiger partial charge in [0.05, 0.1) is 0 Å². The zero-order valence-corrected chi connectivity index (χ0v) is 11.6. The van der Waals surface area contributed by atoms with Gasteiger partial charge in [0.1, 0.15) is 0 Å². The molecule has 0 aliphatic carbocycles. The molecule has 1 rings (SSSR count). The Labute approximate surface area is 106 Å². The van der Waals surface area contributed by atoms with Crippen molar-refractivity contribution < 1.29 is 4.79 Å². The van der Waals surface area contributed by atoms with Crippen molar-refractivity contribution in [3.05, 3.63) is 0 Å². The first-order valence-electron chi connectivity index (χ1n) is 7.23. The van der Waals surface area contributed by atoms with Gasteiger partial charge in [-0.05, 0) is 38.1 Å². The zero-order chi connectivity index (χ0) is 12.7. The second-order valence-corrected chi connectivity index (χ2v) is 5.13. The molecule has 0 spiro atoms. The van der Waals surface area contributed by atoms with Gasteiger partial charge in [0.15, 0.2) is 0 Å². The van der Waals surface area contributed by atoms with E-state index in [1.807, 2.05) is 0 Å². The molecule has 2 atom stereocenters. The highest BCUT2D eigenvalue weighted by atomic mass is 16.1. The molecule has 2 N–H and O–H groups in total. The van der Waals surface area contributed by atoms with E-state index in [-0.39, 0.29) is 11.8 Å².